The van der Waals surface area contributed by atoms with E-state index in [-0.39, 0.29) is 0 Å². The van der Waals surface area contributed by atoms with E-state index in [0.29, 0.717) is 0 Å². The van der Waals surface area contributed by atoms with Gasteiger partial charge in [-0.25, -0.2) is 0 Å². The molecule has 0 saturated carbocycles. The molecule has 0 amide bonds. The zero-order valence-electron chi connectivity index (χ0n) is 9.29. The van der Waals surface area contributed by atoms with Crippen LogP contribution in [0.5, 0.6) is 0 Å². The van der Waals surface area contributed by atoms with Crippen molar-refractivity contribution in [2.45, 2.75) is 46.1 Å². The van der Waals surface area contributed by atoms with Crippen molar-refractivity contribution in [1.29, 1.82) is 0 Å². The number of aryl methyl sites for hydroxylation is 2. The Morgan fingerprint density at radius 2 is 2.21 bits per heavy atom. The largest absolute Gasteiger partial charge is 0.330 e. The normalized spacial score (nSPS) is 10.8. The Morgan fingerprint density at radius 1 is 1.43 bits per heavy atom. The van der Waals surface area contributed by atoms with E-state index >= 15 is 0 Å². The minimum Gasteiger partial charge on any atom is -0.330 e. The summed E-state index contributed by atoms with van der Waals surface area (Å²) in [5, 5.41) is 4.38. The summed E-state index contributed by atoms with van der Waals surface area (Å²) in [5.41, 5.74) is 8.15. The molecular formula is C11H21N3. The van der Waals surface area contributed by atoms with Crippen molar-refractivity contribution in [1.82, 2.24) is 9.78 Å². The molecule has 1 heterocycles. The summed E-state index contributed by atoms with van der Waals surface area (Å²) in [4.78, 5) is 0. The van der Waals surface area contributed by atoms with Crippen LogP contribution in [0.2, 0.25) is 0 Å². The molecule has 0 saturated heterocycles. The van der Waals surface area contributed by atoms with Crippen LogP contribution in [0.3, 0.4) is 0 Å². The van der Waals surface area contributed by atoms with Crippen molar-refractivity contribution < 1.29 is 0 Å². The Kier molecular flexibility index (Phi) is 4.66. The van der Waals surface area contributed by atoms with Crippen LogP contribution in [0, 0.1) is 6.92 Å². The van der Waals surface area contributed by atoms with Crippen molar-refractivity contribution in [2.24, 2.45) is 5.73 Å². The Labute approximate surface area is 86.3 Å². The molecule has 0 aliphatic carbocycles. The standard InChI is InChI=1S/C11H21N3/c1-3-4-8-14-10(2)11(9-13-14)6-5-7-12/h9H,3-8,12H2,1-2H3. The van der Waals surface area contributed by atoms with Crippen LogP contribution >= 0.6 is 0 Å². The Balaban J connectivity index is 2.55. The van der Waals surface area contributed by atoms with Crippen LogP contribution in [0.4, 0.5) is 0 Å². The molecule has 0 fully saturated rings. The summed E-state index contributed by atoms with van der Waals surface area (Å²) in [6.45, 7) is 6.16. The molecule has 0 bridgehead atoms. The number of unbranched alkanes of at least 4 members (excludes halogenated alkanes) is 1. The van der Waals surface area contributed by atoms with Crippen LogP contribution in [0.1, 0.15) is 37.4 Å². The highest BCUT2D eigenvalue weighted by Crippen LogP contribution is 2.10. The molecule has 0 radical (unpaired) electrons. The second-order valence-corrected chi connectivity index (χ2v) is 3.72. The second-order valence-electron chi connectivity index (χ2n) is 3.72. The number of hydrogen-bond acceptors (Lipinski definition) is 2. The summed E-state index contributed by atoms with van der Waals surface area (Å²) in [5.74, 6) is 0. The summed E-state index contributed by atoms with van der Waals surface area (Å²) in [6.07, 6.45) is 6.53. The third-order valence-corrected chi connectivity index (χ3v) is 2.58. The second kappa shape index (κ2) is 5.81. The van der Waals surface area contributed by atoms with Crippen LogP contribution in [0.15, 0.2) is 6.20 Å². The molecule has 1 rings (SSSR count). The van der Waals surface area contributed by atoms with Gasteiger partial charge in [0.1, 0.15) is 0 Å². The predicted octanol–water partition coefficient (Wildman–Crippen LogP) is 1.88. The fourth-order valence-electron chi connectivity index (χ4n) is 1.56. The molecule has 0 spiro atoms. The van der Waals surface area contributed by atoms with Gasteiger partial charge in [-0.2, -0.15) is 5.10 Å². The molecule has 1 aromatic rings. The minimum absolute atomic E-state index is 0.763. The average molecular weight is 195 g/mol. The zero-order valence-corrected chi connectivity index (χ0v) is 9.29. The molecule has 2 N–H and O–H groups in total. The van der Waals surface area contributed by atoms with Crippen molar-refractivity contribution >= 4 is 0 Å². The highest BCUT2D eigenvalue weighted by molar-refractivity contribution is 5.16. The first-order valence-corrected chi connectivity index (χ1v) is 5.51. The van der Waals surface area contributed by atoms with Crippen LogP contribution in [0.25, 0.3) is 0 Å². The maximum Gasteiger partial charge on any atom is 0.0524 e. The maximum absolute atomic E-state index is 5.49. The first kappa shape index (κ1) is 11.2. The lowest BCUT2D eigenvalue weighted by atomic mass is 10.1. The minimum atomic E-state index is 0.763. The van der Waals surface area contributed by atoms with Gasteiger partial charge in [-0.05, 0) is 38.3 Å². The molecule has 0 aliphatic rings. The van der Waals surface area contributed by atoms with Gasteiger partial charge in [0.05, 0.1) is 6.20 Å². The van der Waals surface area contributed by atoms with E-state index in [9.17, 15) is 0 Å². The van der Waals surface area contributed by atoms with Crippen molar-refractivity contribution in [3.05, 3.63) is 17.5 Å². The summed E-state index contributed by atoms with van der Waals surface area (Å²) in [7, 11) is 0. The fourth-order valence-corrected chi connectivity index (χ4v) is 1.56. The number of hydrogen-bond donors (Lipinski definition) is 1. The van der Waals surface area contributed by atoms with Crippen molar-refractivity contribution in [3.63, 3.8) is 0 Å². The Morgan fingerprint density at radius 3 is 2.86 bits per heavy atom. The van der Waals surface area contributed by atoms with E-state index in [2.05, 4.69) is 23.6 Å². The van der Waals surface area contributed by atoms with Gasteiger partial charge in [-0.15, -0.1) is 0 Å². The van der Waals surface area contributed by atoms with E-state index in [1.54, 1.807) is 0 Å². The van der Waals surface area contributed by atoms with Crippen molar-refractivity contribution in [2.75, 3.05) is 6.54 Å². The lowest BCUT2D eigenvalue weighted by Crippen LogP contribution is -2.04. The van der Waals surface area contributed by atoms with Gasteiger partial charge in [0.15, 0.2) is 0 Å². The molecule has 0 aromatic carbocycles. The summed E-state index contributed by atoms with van der Waals surface area (Å²) < 4.78 is 2.11. The number of rotatable bonds is 6. The van der Waals surface area contributed by atoms with Gasteiger partial charge in [0.2, 0.25) is 0 Å². The molecule has 0 aliphatic heterocycles. The number of aromatic nitrogens is 2. The Bertz CT molecular complexity index is 240. The summed E-state index contributed by atoms with van der Waals surface area (Å²) in [6, 6.07) is 0. The lowest BCUT2D eigenvalue weighted by molar-refractivity contribution is 0.558. The quantitative estimate of drug-likeness (QED) is 0.753. The first-order chi connectivity index (χ1) is 6.79. The zero-order chi connectivity index (χ0) is 10.4. The van der Waals surface area contributed by atoms with E-state index in [0.717, 1.165) is 25.9 Å². The SMILES string of the molecule is CCCCn1ncc(CCCN)c1C. The van der Waals surface area contributed by atoms with Gasteiger partial charge < -0.3 is 5.73 Å². The molecule has 1 aromatic heterocycles. The van der Waals surface area contributed by atoms with Crippen LogP contribution in [-0.2, 0) is 13.0 Å². The summed E-state index contributed by atoms with van der Waals surface area (Å²) >= 11 is 0. The van der Waals surface area contributed by atoms with E-state index < -0.39 is 0 Å². The molecule has 80 valence electrons. The van der Waals surface area contributed by atoms with Gasteiger partial charge >= 0.3 is 0 Å². The third kappa shape index (κ3) is 2.84. The highest BCUT2D eigenvalue weighted by Gasteiger charge is 2.04. The number of nitrogens with zero attached hydrogens (tertiary/aromatic N) is 2. The molecule has 14 heavy (non-hydrogen) atoms. The van der Waals surface area contributed by atoms with E-state index in [1.165, 1.54) is 24.1 Å². The molecule has 3 nitrogen and oxygen atoms in total. The van der Waals surface area contributed by atoms with Crippen LogP contribution in [-0.4, -0.2) is 16.3 Å². The van der Waals surface area contributed by atoms with Gasteiger partial charge in [0, 0.05) is 12.2 Å². The van der Waals surface area contributed by atoms with Gasteiger partial charge in [-0.1, -0.05) is 13.3 Å². The number of nitrogens with two attached hydrogens (primary N) is 1. The predicted molar refractivity (Wildman–Crippen MR) is 59.2 cm³/mol. The monoisotopic (exact) mass is 195 g/mol. The maximum atomic E-state index is 5.49. The first-order valence-electron chi connectivity index (χ1n) is 5.51. The molecule has 3 heteroatoms. The van der Waals surface area contributed by atoms with E-state index in [4.69, 9.17) is 5.73 Å². The average Bonchev–Trinajstić information content (AvgIpc) is 2.54. The van der Waals surface area contributed by atoms with Crippen molar-refractivity contribution in [3.8, 4) is 0 Å². The van der Waals surface area contributed by atoms with Gasteiger partial charge in [-0.3, -0.25) is 4.68 Å². The van der Waals surface area contributed by atoms with Crippen LogP contribution < -0.4 is 5.73 Å². The highest BCUT2D eigenvalue weighted by atomic mass is 15.3. The Hall–Kier alpha value is -0.830. The topological polar surface area (TPSA) is 43.8 Å². The lowest BCUT2D eigenvalue weighted by Gasteiger charge is -2.03. The fraction of sp³-hybridized carbons (Fsp3) is 0.727. The molecule has 0 unspecified atom stereocenters. The smallest absolute Gasteiger partial charge is 0.0524 e. The van der Waals surface area contributed by atoms with Gasteiger partial charge in [0.25, 0.3) is 0 Å². The third-order valence-electron chi connectivity index (χ3n) is 2.58. The molecule has 0 atom stereocenters. The molecular weight excluding hydrogens is 174 g/mol. The van der Waals surface area contributed by atoms with E-state index in [1.807, 2.05) is 6.20 Å².